The van der Waals surface area contributed by atoms with E-state index in [1.54, 1.807) is 37.5 Å². The highest BCUT2D eigenvalue weighted by Crippen LogP contribution is 2.35. The third-order valence-corrected chi connectivity index (χ3v) is 3.83. The van der Waals surface area contributed by atoms with E-state index in [0.717, 1.165) is 5.56 Å². The minimum atomic E-state index is -0.562. The Hall–Kier alpha value is -3.48. The summed E-state index contributed by atoms with van der Waals surface area (Å²) >= 11 is 0. The van der Waals surface area contributed by atoms with Crippen molar-refractivity contribution < 1.29 is 33.3 Å². The molecule has 28 heavy (non-hydrogen) atoms. The third kappa shape index (κ3) is 4.82. The van der Waals surface area contributed by atoms with E-state index in [4.69, 9.17) is 23.7 Å². The summed E-state index contributed by atoms with van der Waals surface area (Å²) in [6.45, 7) is 1.25. The summed E-state index contributed by atoms with van der Waals surface area (Å²) in [4.78, 5) is 24.3. The molecule has 7 nitrogen and oxygen atoms in total. The van der Waals surface area contributed by atoms with Crippen molar-refractivity contribution in [3.63, 3.8) is 0 Å². The molecule has 7 heteroatoms. The molecule has 0 N–H and O–H groups in total. The number of ketones is 1. The van der Waals surface area contributed by atoms with Crippen molar-refractivity contribution >= 4 is 17.8 Å². The fourth-order valence-corrected chi connectivity index (χ4v) is 2.53. The summed E-state index contributed by atoms with van der Waals surface area (Å²) in [5.41, 5.74) is 0.850. The first-order valence-corrected chi connectivity index (χ1v) is 8.32. The van der Waals surface area contributed by atoms with Crippen LogP contribution in [0.5, 0.6) is 28.7 Å². The van der Waals surface area contributed by atoms with Gasteiger partial charge >= 0.3 is 5.97 Å². The zero-order valence-corrected chi connectivity index (χ0v) is 16.4. The van der Waals surface area contributed by atoms with Crippen LogP contribution in [0.25, 0.3) is 6.08 Å². The molecule has 0 aliphatic heterocycles. The van der Waals surface area contributed by atoms with Crippen LogP contribution in [0.2, 0.25) is 0 Å². The van der Waals surface area contributed by atoms with E-state index in [1.165, 1.54) is 40.4 Å². The zero-order chi connectivity index (χ0) is 20.7. The highest BCUT2D eigenvalue weighted by Gasteiger charge is 2.20. The lowest BCUT2D eigenvalue weighted by atomic mass is 10.1. The molecule has 0 aliphatic carbocycles. The minimum absolute atomic E-state index is 0.0608. The molecular weight excluding hydrogens is 364 g/mol. The Morgan fingerprint density at radius 1 is 0.786 bits per heavy atom. The number of allylic oxidation sites excluding steroid dienone is 1. The Labute approximate surface area is 163 Å². The van der Waals surface area contributed by atoms with Gasteiger partial charge in [0.15, 0.2) is 17.3 Å². The number of methoxy groups -OCH3 is 4. The monoisotopic (exact) mass is 386 g/mol. The van der Waals surface area contributed by atoms with Crippen molar-refractivity contribution in [2.45, 2.75) is 6.92 Å². The molecule has 2 aromatic rings. The van der Waals surface area contributed by atoms with Crippen molar-refractivity contribution in [2.75, 3.05) is 28.4 Å². The van der Waals surface area contributed by atoms with Crippen LogP contribution in [-0.2, 0) is 4.79 Å². The van der Waals surface area contributed by atoms with E-state index in [-0.39, 0.29) is 17.1 Å². The first kappa shape index (κ1) is 20.8. The van der Waals surface area contributed by atoms with E-state index in [1.807, 2.05) is 0 Å². The molecule has 2 rings (SSSR count). The fraction of sp³-hybridized carbons (Fsp3) is 0.238. The first-order valence-electron chi connectivity index (χ1n) is 8.32. The first-order chi connectivity index (χ1) is 13.4. The smallest absolute Gasteiger partial charge is 0.308 e. The van der Waals surface area contributed by atoms with Gasteiger partial charge in [0.05, 0.1) is 28.4 Å². The maximum Gasteiger partial charge on any atom is 0.308 e. The SMILES string of the molecule is COc1cc(OC)c(C(=O)/C=C/c2ccc(OC)c(OC)c2)c(OC(C)=O)c1. The maximum atomic E-state index is 12.8. The molecule has 0 spiro atoms. The Kier molecular flexibility index (Phi) is 7.03. The van der Waals surface area contributed by atoms with Crippen LogP contribution >= 0.6 is 0 Å². The molecule has 0 amide bonds. The minimum Gasteiger partial charge on any atom is -0.496 e. The van der Waals surface area contributed by atoms with Crippen molar-refractivity contribution in [3.8, 4) is 28.7 Å². The largest absolute Gasteiger partial charge is 0.496 e. The lowest BCUT2D eigenvalue weighted by Gasteiger charge is -2.13. The molecule has 0 atom stereocenters. The number of benzene rings is 2. The van der Waals surface area contributed by atoms with Crippen LogP contribution in [0.1, 0.15) is 22.8 Å². The summed E-state index contributed by atoms with van der Waals surface area (Å²) in [7, 11) is 5.96. The summed E-state index contributed by atoms with van der Waals surface area (Å²) in [5.74, 6) is 0.857. The van der Waals surface area contributed by atoms with Gasteiger partial charge in [-0.25, -0.2) is 0 Å². The van der Waals surface area contributed by atoms with Crippen LogP contribution in [0, 0.1) is 0 Å². The zero-order valence-electron chi connectivity index (χ0n) is 16.4. The standard InChI is InChI=1S/C21H22O7/c1-13(22)28-20-12-15(24-2)11-19(27-5)21(20)16(23)8-6-14-7-9-17(25-3)18(10-14)26-4/h6-12H,1-5H3/b8-6+. The number of esters is 1. The molecule has 0 unspecified atom stereocenters. The van der Waals surface area contributed by atoms with Crippen LogP contribution < -0.4 is 23.7 Å². The lowest BCUT2D eigenvalue weighted by molar-refractivity contribution is -0.131. The highest BCUT2D eigenvalue weighted by molar-refractivity contribution is 6.11. The molecule has 148 valence electrons. The van der Waals surface area contributed by atoms with E-state index >= 15 is 0 Å². The predicted octanol–water partition coefficient (Wildman–Crippen LogP) is 3.54. The summed E-state index contributed by atoms with van der Waals surface area (Å²) in [5, 5.41) is 0. The number of hydrogen-bond acceptors (Lipinski definition) is 7. The topological polar surface area (TPSA) is 80.3 Å². The Balaban J connectivity index is 2.42. The van der Waals surface area contributed by atoms with Gasteiger partial charge in [-0.05, 0) is 23.8 Å². The van der Waals surface area contributed by atoms with Gasteiger partial charge in [0.2, 0.25) is 0 Å². The van der Waals surface area contributed by atoms with Crippen molar-refractivity contribution in [1.29, 1.82) is 0 Å². The molecule has 2 aromatic carbocycles. The molecular formula is C21H22O7. The van der Waals surface area contributed by atoms with Crippen LogP contribution in [-0.4, -0.2) is 40.2 Å². The maximum absolute atomic E-state index is 12.8. The predicted molar refractivity (Wildman–Crippen MR) is 104 cm³/mol. The number of ether oxygens (including phenoxy) is 5. The summed E-state index contributed by atoms with van der Waals surface area (Å²) in [6.07, 6.45) is 2.98. The Morgan fingerprint density at radius 3 is 2.00 bits per heavy atom. The van der Waals surface area contributed by atoms with Gasteiger partial charge in [0.1, 0.15) is 22.8 Å². The van der Waals surface area contributed by atoms with Crippen LogP contribution in [0.15, 0.2) is 36.4 Å². The van der Waals surface area contributed by atoms with Crippen molar-refractivity contribution in [2.24, 2.45) is 0 Å². The van der Waals surface area contributed by atoms with E-state index in [0.29, 0.717) is 17.2 Å². The lowest BCUT2D eigenvalue weighted by Crippen LogP contribution is -2.08. The number of rotatable bonds is 8. The van der Waals surface area contributed by atoms with E-state index in [9.17, 15) is 9.59 Å². The molecule has 0 aliphatic rings. The quantitative estimate of drug-likeness (QED) is 0.297. The van der Waals surface area contributed by atoms with Gasteiger partial charge < -0.3 is 23.7 Å². The van der Waals surface area contributed by atoms with E-state index in [2.05, 4.69) is 0 Å². The summed E-state index contributed by atoms with van der Waals surface area (Å²) in [6, 6.07) is 8.26. The van der Waals surface area contributed by atoms with Gasteiger partial charge in [0, 0.05) is 19.1 Å². The molecule has 0 radical (unpaired) electrons. The third-order valence-electron chi connectivity index (χ3n) is 3.83. The molecule has 0 saturated heterocycles. The number of hydrogen-bond donors (Lipinski definition) is 0. The van der Waals surface area contributed by atoms with E-state index < -0.39 is 11.8 Å². The molecule has 0 aromatic heterocycles. The normalized spacial score (nSPS) is 10.5. The highest BCUT2D eigenvalue weighted by atomic mass is 16.5. The Morgan fingerprint density at radius 2 is 1.43 bits per heavy atom. The fourth-order valence-electron chi connectivity index (χ4n) is 2.53. The Bertz CT molecular complexity index is 900. The second-order valence-corrected chi connectivity index (χ2v) is 5.61. The molecule has 0 bridgehead atoms. The second kappa shape index (κ2) is 9.45. The second-order valence-electron chi connectivity index (χ2n) is 5.61. The van der Waals surface area contributed by atoms with Crippen molar-refractivity contribution in [1.82, 2.24) is 0 Å². The summed E-state index contributed by atoms with van der Waals surface area (Å²) < 4.78 is 26.1. The molecule has 0 heterocycles. The van der Waals surface area contributed by atoms with Gasteiger partial charge in [-0.1, -0.05) is 12.1 Å². The molecule has 0 fully saturated rings. The van der Waals surface area contributed by atoms with Crippen molar-refractivity contribution in [3.05, 3.63) is 47.5 Å². The van der Waals surface area contributed by atoms with Crippen LogP contribution in [0.4, 0.5) is 0 Å². The average molecular weight is 386 g/mol. The van der Waals surface area contributed by atoms with Crippen LogP contribution in [0.3, 0.4) is 0 Å². The number of carbonyl (C=O) groups is 2. The van der Waals surface area contributed by atoms with Gasteiger partial charge in [-0.15, -0.1) is 0 Å². The van der Waals surface area contributed by atoms with Gasteiger partial charge in [0.25, 0.3) is 0 Å². The number of carbonyl (C=O) groups excluding carboxylic acids is 2. The van der Waals surface area contributed by atoms with Gasteiger partial charge in [-0.2, -0.15) is 0 Å². The van der Waals surface area contributed by atoms with Gasteiger partial charge in [-0.3, -0.25) is 9.59 Å². The average Bonchev–Trinajstić information content (AvgIpc) is 2.70. The molecule has 0 saturated carbocycles.